The van der Waals surface area contributed by atoms with E-state index in [1.807, 2.05) is 60.0 Å². The maximum Gasteiger partial charge on any atom is 0.240 e. The molecule has 2 N–H and O–H groups in total. The van der Waals surface area contributed by atoms with Crippen LogP contribution in [-0.4, -0.2) is 25.9 Å². The Morgan fingerprint density at radius 3 is 2.47 bits per heavy atom. The maximum atomic E-state index is 12.5. The van der Waals surface area contributed by atoms with Crippen LogP contribution in [0.2, 0.25) is 0 Å². The van der Waals surface area contributed by atoms with Gasteiger partial charge in [-0.3, -0.25) is 4.79 Å². The van der Waals surface area contributed by atoms with Crippen molar-refractivity contribution in [2.75, 3.05) is 11.9 Å². The van der Waals surface area contributed by atoms with Crippen LogP contribution in [0.5, 0.6) is 0 Å². The quantitative estimate of drug-likeness (QED) is 0.452. The van der Waals surface area contributed by atoms with Gasteiger partial charge in [0.05, 0.1) is 10.6 Å². The van der Waals surface area contributed by atoms with Gasteiger partial charge in [0.15, 0.2) is 5.13 Å². The van der Waals surface area contributed by atoms with Gasteiger partial charge in [-0.2, -0.15) is 0 Å². The van der Waals surface area contributed by atoms with Crippen LogP contribution in [-0.2, 0) is 14.8 Å². The van der Waals surface area contributed by atoms with Gasteiger partial charge in [-0.1, -0.05) is 60.7 Å². The number of hydrogen-bond donors (Lipinski definition) is 2. The van der Waals surface area contributed by atoms with Crippen LogP contribution in [0.1, 0.15) is 6.42 Å². The largest absolute Gasteiger partial charge is 0.302 e. The summed E-state index contributed by atoms with van der Waals surface area (Å²) in [5.41, 5.74) is 1.75. The first kappa shape index (κ1) is 20.2. The molecule has 0 bridgehead atoms. The van der Waals surface area contributed by atoms with Crippen LogP contribution in [0.25, 0.3) is 22.0 Å². The average molecular weight is 438 g/mol. The van der Waals surface area contributed by atoms with E-state index in [2.05, 4.69) is 15.0 Å². The summed E-state index contributed by atoms with van der Waals surface area (Å²) in [6, 6.07) is 22.2. The second-order valence-electron chi connectivity index (χ2n) is 6.61. The molecule has 0 aliphatic heterocycles. The van der Waals surface area contributed by atoms with E-state index >= 15 is 0 Å². The lowest BCUT2D eigenvalue weighted by atomic mass is 10.1. The fourth-order valence-corrected chi connectivity index (χ4v) is 4.77. The predicted octanol–water partition coefficient (Wildman–Crippen LogP) is 4.27. The molecule has 0 aliphatic rings. The molecule has 1 amide bonds. The highest BCUT2D eigenvalue weighted by molar-refractivity contribution is 7.89. The fraction of sp³-hybridized carbons (Fsp3) is 0.0909. The number of thiazole rings is 1. The van der Waals surface area contributed by atoms with E-state index < -0.39 is 10.0 Å². The molecule has 0 unspecified atom stereocenters. The Morgan fingerprint density at radius 2 is 1.67 bits per heavy atom. The van der Waals surface area contributed by atoms with Gasteiger partial charge in [0, 0.05) is 23.9 Å². The van der Waals surface area contributed by atoms with Gasteiger partial charge in [0.2, 0.25) is 15.9 Å². The van der Waals surface area contributed by atoms with Crippen LogP contribution >= 0.6 is 11.3 Å². The molecule has 4 aromatic rings. The number of hydrogen-bond acceptors (Lipinski definition) is 5. The van der Waals surface area contributed by atoms with Crippen molar-refractivity contribution in [3.8, 4) is 11.3 Å². The van der Waals surface area contributed by atoms with Crippen molar-refractivity contribution in [3.05, 3.63) is 78.2 Å². The fourth-order valence-electron chi connectivity index (χ4n) is 2.97. The molecule has 30 heavy (non-hydrogen) atoms. The second kappa shape index (κ2) is 8.74. The molecule has 3 aromatic carbocycles. The Hall–Kier alpha value is -3.07. The molecule has 0 aliphatic carbocycles. The van der Waals surface area contributed by atoms with E-state index in [-0.39, 0.29) is 23.8 Å². The zero-order valence-corrected chi connectivity index (χ0v) is 17.5. The minimum atomic E-state index is -3.70. The number of aromatic nitrogens is 1. The highest BCUT2D eigenvalue weighted by atomic mass is 32.2. The molecule has 0 spiro atoms. The Bertz CT molecular complexity index is 1290. The average Bonchev–Trinajstić information content (AvgIpc) is 3.22. The molecule has 152 valence electrons. The number of sulfonamides is 1. The van der Waals surface area contributed by atoms with Crippen LogP contribution < -0.4 is 10.0 Å². The SMILES string of the molecule is O=C(CCNS(=O)(=O)c1ccc2ccccc2c1)Nc1nc(-c2ccccc2)cs1. The van der Waals surface area contributed by atoms with Gasteiger partial charge in [-0.15, -0.1) is 11.3 Å². The molecule has 0 fully saturated rings. The summed E-state index contributed by atoms with van der Waals surface area (Å²) in [5, 5.41) is 6.88. The highest BCUT2D eigenvalue weighted by Gasteiger charge is 2.15. The molecule has 0 radical (unpaired) electrons. The summed E-state index contributed by atoms with van der Waals surface area (Å²) < 4.78 is 27.5. The highest BCUT2D eigenvalue weighted by Crippen LogP contribution is 2.24. The number of rotatable bonds is 7. The second-order valence-corrected chi connectivity index (χ2v) is 9.23. The van der Waals surface area contributed by atoms with Gasteiger partial charge in [0.25, 0.3) is 0 Å². The van der Waals surface area contributed by atoms with Gasteiger partial charge < -0.3 is 5.32 Å². The summed E-state index contributed by atoms with van der Waals surface area (Å²) in [6.45, 7) is -0.00207. The topological polar surface area (TPSA) is 88.2 Å². The molecule has 4 rings (SSSR count). The van der Waals surface area contributed by atoms with Crippen LogP contribution in [0, 0.1) is 0 Å². The summed E-state index contributed by atoms with van der Waals surface area (Å²) in [6.07, 6.45) is 0.00701. The first-order valence-electron chi connectivity index (χ1n) is 9.30. The molecule has 8 heteroatoms. The van der Waals surface area contributed by atoms with Crippen LogP contribution in [0.3, 0.4) is 0 Å². The summed E-state index contributed by atoms with van der Waals surface area (Å²) in [5.74, 6) is -0.301. The monoisotopic (exact) mass is 437 g/mol. The van der Waals surface area contributed by atoms with Crippen molar-refractivity contribution in [2.24, 2.45) is 0 Å². The lowest BCUT2D eigenvalue weighted by molar-refractivity contribution is -0.116. The summed E-state index contributed by atoms with van der Waals surface area (Å²) in [7, 11) is -3.70. The smallest absolute Gasteiger partial charge is 0.240 e. The number of nitrogens with zero attached hydrogens (tertiary/aromatic N) is 1. The zero-order chi connectivity index (χ0) is 21.0. The van der Waals surface area contributed by atoms with Crippen molar-refractivity contribution in [1.82, 2.24) is 9.71 Å². The van der Waals surface area contributed by atoms with Crippen molar-refractivity contribution in [1.29, 1.82) is 0 Å². The number of fused-ring (bicyclic) bond motifs is 1. The van der Waals surface area contributed by atoms with Crippen molar-refractivity contribution >= 4 is 43.2 Å². The van der Waals surface area contributed by atoms with E-state index in [1.54, 1.807) is 18.2 Å². The van der Waals surface area contributed by atoms with Crippen LogP contribution in [0.15, 0.2) is 83.1 Å². The van der Waals surface area contributed by atoms with E-state index in [1.165, 1.54) is 11.3 Å². The van der Waals surface area contributed by atoms with Gasteiger partial charge in [-0.25, -0.2) is 18.1 Å². The molecule has 0 saturated carbocycles. The van der Waals surface area contributed by atoms with E-state index in [0.29, 0.717) is 5.13 Å². The van der Waals surface area contributed by atoms with Gasteiger partial charge >= 0.3 is 0 Å². The molecular weight excluding hydrogens is 418 g/mol. The minimum Gasteiger partial charge on any atom is -0.302 e. The van der Waals surface area contributed by atoms with Crippen molar-refractivity contribution < 1.29 is 13.2 Å². The Kier molecular flexibility index (Phi) is 5.89. The van der Waals surface area contributed by atoms with E-state index in [0.717, 1.165) is 22.0 Å². The van der Waals surface area contributed by atoms with Crippen molar-refractivity contribution in [3.63, 3.8) is 0 Å². The van der Waals surface area contributed by atoms with E-state index in [4.69, 9.17) is 0 Å². The number of anilines is 1. The zero-order valence-electron chi connectivity index (χ0n) is 15.9. The number of carbonyl (C=O) groups is 1. The molecule has 1 heterocycles. The first-order chi connectivity index (χ1) is 14.5. The molecular formula is C22H19N3O3S2. The third-order valence-electron chi connectivity index (χ3n) is 4.50. The third kappa shape index (κ3) is 4.73. The lowest BCUT2D eigenvalue weighted by Gasteiger charge is -2.08. The minimum absolute atomic E-state index is 0.00207. The summed E-state index contributed by atoms with van der Waals surface area (Å²) >= 11 is 1.33. The Morgan fingerprint density at radius 1 is 0.933 bits per heavy atom. The Balaban J connectivity index is 1.33. The first-order valence-corrected chi connectivity index (χ1v) is 11.7. The molecule has 0 saturated heterocycles. The number of nitrogens with one attached hydrogen (secondary N) is 2. The summed E-state index contributed by atoms with van der Waals surface area (Å²) in [4.78, 5) is 16.8. The third-order valence-corrected chi connectivity index (χ3v) is 6.71. The number of carbonyl (C=O) groups excluding carboxylic acids is 1. The van der Waals surface area contributed by atoms with Gasteiger partial charge in [0.1, 0.15) is 0 Å². The molecule has 1 aromatic heterocycles. The van der Waals surface area contributed by atoms with Crippen LogP contribution in [0.4, 0.5) is 5.13 Å². The van der Waals surface area contributed by atoms with E-state index in [9.17, 15) is 13.2 Å². The maximum absolute atomic E-state index is 12.5. The normalized spacial score (nSPS) is 11.5. The molecule has 0 atom stereocenters. The van der Waals surface area contributed by atoms with Crippen molar-refractivity contribution in [2.45, 2.75) is 11.3 Å². The number of benzene rings is 3. The Labute approximate surface area is 178 Å². The number of amides is 1. The van der Waals surface area contributed by atoms with Gasteiger partial charge in [-0.05, 0) is 22.9 Å². The standard InChI is InChI=1S/C22H19N3O3S2/c26-21(25-22-24-20(15-29-22)17-7-2-1-3-8-17)12-13-23-30(27,28)19-11-10-16-6-4-5-9-18(16)14-19/h1-11,14-15,23H,12-13H2,(H,24,25,26). The predicted molar refractivity (Wildman–Crippen MR) is 120 cm³/mol. The molecule has 6 nitrogen and oxygen atoms in total. The lowest BCUT2D eigenvalue weighted by Crippen LogP contribution is -2.27.